The van der Waals surface area contributed by atoms with Crippen molar-refractivity contribution in [3.63, 3.8) is 0 Å². The molecule has 0 fully saturated rings. The molecule has 84 valence electrons. The van der Waals surface area contributed by atoms with Gasteiger partial charge in [0.05, 0.1) is 6.61 Å². The summed E-state index contributed by atoms with van der Waals surface area (Å²) in [6, 6.07) is 0. The summed E-state index contributed by atoms with van der Waals surface area (Å²) in [4.78, 5) is 15.4. The molecule has 0 spiro atoms. The average Bonchev–Trinajstić information content (AvgIpc) is 2.68. The van der Waals surface area contributed by atoms with E-state index in [2.05, 4.69) is 9.97 Å². The van der Waals surface area contributed by atoms with Crippen LogP contribution >= 0.6 is 0 Å². The van der Waals surface area contributed by atoms with E-state index in [1.54, 1.807) is 0 Å². The SMILES string of the molecule is O=[N+]([O-])c1ncc(COC(CO)CF)[nH]1. The molecule has 1 aromatic rings. The van der Waals surface area contributed by atoms with Crippen LogP contribution in [-0.2, 0) is 11.3 Å². The van der Waals surface area contributed by atoms with Gasteiger partial charge in [-0.2, -0.15) is 0 Å². The number of nitrogens with zero attached hydrogens (tertiary/aromatic N) is 2. The van der Waals surface area contributed by atoms with Crippen LogP contribution in [0.25, 0.3) is 0 Å². The Labute approximate surface area is 84.0 Å². The lowest BCUT2D eigenvalue weighted by molar-refractivity contribution is -0.393. The molecule has 0 amide bonds. The molecule has 1 heterocycles. The fourth-order valence-corrected chi connectivity index (χ4v) is 0.867. The van der Waals surface area contributed by atoms with Crippen LogP contribution in [0.1, 0.15) is 5.69 Å². The second kappa shape index (κ2) is 5.37. The number of halogens is 1. The molecule has 0 aliphatic heterocycles. The summed E-state index contributed by atoms with van der Waals surface area (Å²) in [5.41, 5.74) is 0.355. The smallest absolute Gasteiger partial charge is 0.394 e. The molecule has 7 nitrogen and oxygen atoms in total. The van der Waals surface area contributed by atoms with Crippen LogP contribution in [0.4, 0.5) is 10.3 Å². The highest BCUT2D eigenvalue weighted by Gasteiger charge is 2.13. The Bertz CT molecular complexity index is 326. The normalized spacial score (nSPS) is 12.7. The van der Waals surface area contributed by atoms with Crippen LogP contribution in [-0.4, -0.2) is 39.4 Å². The number of imidazole rings is 1. The zero-order valence-corrected chi connectivity index (χ0v) is 7.72. The van der Waals surface area contributed by atoms with Gasteiger partial charge in [0.15, 0.2) is 0 Å². The number of ether oxygens (including phenoxy) is 1. The van der Waals surface area contributed by atoms with Crippen molar-refractivity contribution in [3.05, 3.63) is 22.0 Å². The van der Waals surface area contributed by atoms with Gasteiger partial charge in [-0.25, -0.2) is 9.37 Å². The lowest BCUT2D eigenvalue weighted by atomic mass is 10.4. The van der Waals surface area contributed by atoms with E-state index in [-0.39, 0.29) is 6.61 Å². The summed E-state index contributed by atoms with van der Waals surface area (Å²) in [5, 5.41) is 18.8. The molecule has 0 aliphatic carbocycles. The van der Waals surface area contributed by atoms with Crippen LogP contribution in [0.5, 0.6) is 0 Å². The van der Waals surface area contributed by atoms with E-state index in [0.29, 0.717) is 5.69 Å². The zero-order valence-electron chi connectivity index (χ0n) is 7.72. The van der Waals surface area contributed by atoms with Crippen LogP contribution in [0.2, 0.25) is 0 Å². The third-order valence-corrected chi connectivity index (χ3v) is 1.64. The highest BCUT2D eigenvalue weighted by molar-refractivity contribution is 5.09. The average molecular weight is 219 g/mol. The maximum Gasteiger partial charge on any atom is 0.432 e. The molecule has 0 aromatic carbocycles. The van der Waals surface area contributed by atoms with Gasteiger partial charge in [-0.1, -0.05) is 4.98 Å². The van der Waals surface area contributed by atoms with Gasteiger partial charge in [-0.3, -0.25) is 0 Å². The van der Waals surface area contributed by atoms with Gasteiger partial charge >= 0.3 is 5.95 Å². The Hall–Kier alpha value is -1.54. The Balaban J connectivity index is 2.47. The zero-order chi connectivity index (χ0) is 11.3. The first-order chi connectivity index (χ1) is 7.17. The number of rotatable bonds is 6. The Morgan fingerprint density at radius 2 is 2.53 bits per heavy atom. The number of aromatic nitrogens is 2. The van der Waals surface area contributed by atoms with Gasteiger partial charge in [0.1, 0.15) is 31.3 Å². The highest BCUT2D eigenvalue weighted by Crippen LogP contribution is 2.07. The Kier molecular flexibility index (Phi) is 4.13. The summed E-state index contributed by atoms with van der Waals surface area (Å²) in [7, 11) is 0. The molecule has 2 N–H and O–H groups in total. The monoisotopic (exact) mass is 219 g/mol. The van der Waals surface area contributed by atoms with Crippen molar-refractivity contribution < 1.29 is 19.2 Å². The number of alkyl halides is 1. The minimum absolute atomic E-state index is 0.0595. The largest absolute Gasteiger partial charge is 0.432 e. The summed E-state index contributed by atoms with van der Waals surface area (Å²) in [6.07, 6.45) is 0.317. The third kappa shape index (κ3) is 3.26. The minimum Gasteiger partial charge on any atom is -0.394 e. The fraction of sp³-hybridized carbons (Fsp3) is 0.571. The number of aliphatic hydroxyl groups excluding tert-OH is 1. The molecular formula is C7H10FN3O4. The van der Waals surface area contributed by atoms with Crippen molar-refractivity contribution in [1.82, 2.24) is 9.97 Å². The van der Waals surface area contributed by atoms with Crippen LogP contribution < -0.4 is 0 Å². The number of nitrogens with one attached hydrogen (secondary N) is 1. The molecule has 0 saturated heterocycles. The number of aliphatic hydroxyl groups is 1. The Morgan fingerprint density at radius 1 is 1.80 bits per heavy atom. The van der Waals surface area contributed by atoms with Gasteiger partial charge in [0.25, 0.3) is 0 Å². The van der Waals surface area contributed by atoms with E-state index in [4.69, 9.17) is 9.84 Å². The van der Waals surface area contributed by atoms with Gasteiger partial charge in [0, 0.05) is 0 Å². The van der Waals surface area contributed by atoms with Crippen molar-refractivity contribution in [2.24, 2.45) is 0 Å². The predicted octanol–water partition coefficient (Wildman–Crippen LogP) is 0.165. The van der Waals surface area contributed by atoms with Gasteiger partial charge in [-0.05, 0) is 4.92 Å². The van der Waals surface area contributed by atoms with E-state index in [0.717, 1.165) is 0 Å². The second-order valence-corrected chi connectivity index (χ2v) is 2.76. The third-order valence-electron chi connectivity index (χ3n) is 1.64. The van der Waals surface area contributed by atoms with Crippen LogP contribution in [0.15, 0.2) is 6.20 Å². The maximum absolute atomic E-state index is 12.1. The highest BCUT2D eigenvalue weighted by atomic mass is 19.1. The molecule has 8 heteroatoms. The van der Waals surface area contributed by atoms with E-state index in [9.17, 15) is 14.5 Å². The van der Waals surface area contributed by atoms with Crippen molar-refractivity contribution in [1.29, 1.82) is 0 Å². The van der Waals surface area contributed by atoms with E-state index < -0.39 is 30.3 Å². The maximum atomic E-state index is 12.1. The first kappa shape index (κ1) is 11.5. The molecule has 0 radical (unpaired) electrons. The van der Waals surface area contributed by atoms with Gasteiger partial charge < -0.3 is 20.0 Å². The molecule has 1 atom stereocenters. The molecule has 1 unspecified atom stereocenters. The lowest BCUT2D eigenvalue weighted by Crippen LogP contribution is -2.19. The quantitative estimate of drug-likeness (QED) is 0.524. The first-order valence-corrected chi connectivity index (χ1v) is 4.14. The molecule has 1 rings (SSSR count). The van der Waals surface area contributed by atoms with E-state index >= 15 is 0 Å². The van der Waals surface area contributed by atoms with Crippen molar-refractivity contribution in [3.8, 4) is 0 Å². The van der Waals surface area contributed by atoms with Gasteiger partial charge in [0.2, 0.25) is 0 Å². The number of aromatic amines is 1. The van der Waals surface area contributed by atoms with Gasteiger partial charge in [-0.15, -0.1) is 0 Å². The van der Waals surface area contributed by atoms with Crippen molar-refractivity contribution in [2.45, 2.75) is 12.7 Å². The second-order valence-electron chi connectivity index (χ2n) is 2.76. The molecule has 0 bridgehead atoms. The number of H-pyrrole nitrogens is 1. The molecule has 15 heavy (non-hydrogen) atoms. The topological polar surface area (TPSA) is 101 Å². The molecule has 0 saturated carbocycles. The predicted molar refractivity (Wildman–Crippen MR) is 46.9 cm³/mol. The van der Waals surface area contributed by atoms with Crippen LogP contribution in [0.3, 0.4) is 0 Å². The number of hydrogen-bond donors (Lipinski definition) is 2. The fourth-order valence-electron chi connectivity index (χ4n) is 0.867. The number of nitro groups is 1. The van der Waals surface area contributed by atoms with Crippen molar-refractivity contribution in [2.75, 3.05) is 13.3 Å². The van der Waals surface area contributed by atoms with E-state index in [1.165, 1.54) is 6.20 Å². The van der Waals surface area contributed by atoms with Crippen molar-refractivity contribution >= 4 is 5.95 Å². The standard InChI is InChI=1S/C7H10FN3O4/c8-1-6(3-12)15-4-5-2-9-7(10-5)11(13)14/h2,6,12H,1,3-4H2,(H,9,10). The summed E-state index contributed by atoms with van der Waals surface area (Å²) in [5.74, 6) is -0.394. The van der Waals surface area contributed by atoms with Crippen LogP contribution in [0, 0.1) is 10.1 Å². The summed E-state index contributed by atoms with van der Waals surface area (Å²) in [6.45, 7) is -1.31. The molecule has 1 aromatic heterocycles. The summed E-state index contributed by atoms with van der Waals surface area (Å²) < 4.78 is 17.0. The molecule has 0 aliphatic rings. The molecular weight excluding hydrogens is 209 g/mol. The Morgan fingerprint density at radius 3 is 3.00 bits per heavy atom. The lowest BCUT2D eigenvalue weighted by Gasteiger charge is -2.08. The first-order valence-electron chi connectivity index (χ1n) is 4.14. The minimum atomic E-state index is -0.910. The van der Waals surface area contributed by atoms with E-state index in [1.807, 2.05) is 0 Å². The summed E-state index contributed by atoms with van der Waals surface area (Å²) >= 11 is 0. The number of hydrogen-bond acceptors (Lipinski definition) is 5.